The molecule has 0 aliphatic rings. The molecule has 0 saturated heterocycles. The topological polar surface area (TPSA) is 162 Å². The van der Waals surface area contributed by atoms with E-state index in [1.54, 1.807) is 24.4 Å². The summed E-state index contributed by atoms with van der Waals surface area (Å²) in [5, 5.41) is 25.2. The van der Waals surface area contributed by atoms with Crippen LogP contribution in [-0.2, 0) is 27.8 Å². The van der Waals surface area contributed by atoms with E-state index in [1.807, 2.05) is 30.3 Å². The van der Waals surface area contributed by atoms with Crippen molar-refractivity contribution in [3.63, 3.8) is 0 Å². The van der Waals surface area contributed by atoms with Crippen LogP contribution >= 0.6 is 11.3 Å². The number of carbonyl (C=O) groups excluding carboxylic acids is 1. The Bertz CT molecular complexity index is 1400. The fourth-order valence-corrected chi connectivity index (χ4v) is 5.02. The number of aliphatic hydroxyl groups excluding tert-OH is 1. The van der Waals surface area contributed by atoms with Crippen molar-refractivity contribution in [2.45, 2.75) is 29.8 Å². The van der Waals surface area contributed by atoms with Crippen molar-refractivity contribution < 1.29 is 23.1 Å². The zero-order valence-electron chi connectivity index (χ0n) is 18.6. The number of amides is 1. The molecule has 0 fully saturated rings. The van der Waals surface area contributed by atoms with Gasteiger partial charge in [0.25, 0.3) is 10.0 Å². The zero-order valence-corrected chi connectivity index (χ0v) is 20.2. The molecule has 4 aromatic rings. The number of hydrogen-bond donors (Lipinski definition) is 3. The van der Waals surface area contributed by atoms with E-state index in [4.69, 9.17) is 15.0 Å². The Balaban J connectivity index is 1.46. The van der Waals surface area contributed by atoms with Gasteiger partial charge in [-0.2, -0.15) is 0 Å². The van der Waals surface area contributed by atoms with Crippen LogP contribution in [0.25, 0.3) is 10.2 Å². The number of rotatable bonds is 11. The van der Waals surface area contributed by atoms with E-state index < -0.39 is 16.1 Å². The van der Waals surface area contributed by atoms with Gasteiger partial charge in [-0.1, -0.05) is 35.5 Å². The van der Waals surface area contributed by atoms with Gasteiger partial charge in [-0.25, -0.2) is 23.2 Å². The molecule has 13 heteroatoms. The fourth-order valence-electron chi connectivity index (χ4n) is 3.34. The summed E-state index contributed by atoms with van der Waals surface area (Å²) in [4.78, 5) is 16.9. The van der Waals surface area contributed by atoms with Crippen LogP contribution in [0.2, 0.25) is 0 Å². The number of carbonyl (C=O) groups is 1. The monoisotopic (exact) mass is 516 g/mol. The molecule has 0 aliphatic carbocycles. The summed E-state index contributed by atoms with van der Waals surface area (Å²) < 4.78 is 30.8. The molecule has 4 rings (SSSR count). The van der Waals surface area contributed by atoms with Crippen LogP contribution in [-0.4, -0.2) is 52.6 Å². The molecule has 0 unspecified atom stereocenters. The summed E-state index contributed by atoms with van der Waals surface area (Å²) in [6, 6.07) is 14.0. The largest absolute Gasteiger partial charge is 0.487 e. The highest BCUT2D eigenvalue weighted by molar-refractivity contribution is 7.91. The number of nitrogens with two attached hydrogens (primary N) is 1. The Labute approximate surface area is 205 Å². The van der Waals surface area contributed by atoms with Gasteiger partial charge < -0.3 is 15.2 Å². The van der Waals surface area contributed by atoms with Gasteiger partial charge in [0, 0.05) is 19.6 Å². The molecule has 0 radical (unpaired) electrons. The van der Waals surface area contributed by atoms with Gasteiger partial charge in [0.15, 0.2) is 0 Å². The van der Waals surface area contributed by atoms with Gasteiger partial charge in [-0.15, -0.1) is 16.4 Å². The minimum atomic E-state index is -3.88. The maximum atomic E-state index is 12.8. The normalized spacial score (nSPS) is 12.5. The smallest absolute Gasteiger partial charge is 0.265 e. The van der Waals surface area contributed by atoms with Crippen molar-refractivity contribution in [1.82, 2.24) is 25.3 Å². The minimum absolute atomic E-state index is 0.00881. The SMILES string of the molecule is NS(=O)(=O)c1nc2ccc(OCc3cn([C@@H](Cc4ccccc4)C(=O)NCCCO)nn3)cc2s1. The number of aromatic nitrogens is 4. The minimum Gasteiger partial charge on any atom is -0.487 e. The average molecular weight is 517 g/mol. The van der Waals surface area contributed by atoms with Crippen LogP contribution < -0.4 is 15.2 Å². The molecule has 1 amide bonds. The van der Waals surface area contributed by atoms with Gasteiger partial charge in [0.2, 0.25) is 10.2 Å². The Hall–Kier alpha value is -3.39. The van der Waals surface area contributed by atoms with Gasteiger partial charge in [0.05, 0.1) is 16.4 Å². The molecule has 11 nitrogen and oxygen atoms in total. The van der Waals surface area contributed by atoms with Crippen LogP contribution in [0.4, 0.5) is 0 Å². The zero-order chi connectivity index (χ0) is 24.8. The first-order valence-electron chi connectivity index (χ1n) is 10.7. The van der Waals surface area contributed by atoms with E-state index in [9.17, 15) is 13.2 Å². The number of primary sulfonamides is 1. The maximum Gasteiger partial charge on any atom is 0.265 e. The number of ether oxygens (including phenoxy) is 1. The van der Waals surface area contributed by atoms with Crippen LogP contribution in [0, 0.1) is 0 Å². The fraction of sp³-hybridized carbons (Fsp3) is 0.273. The van der Waals surface area contributed by atoms with Gasteiger partial charge in [0.1, 0.15) is 24.1 Å². The van der Waals surface area contributed by atoms with Crippen molar-refractivity contribution >= 4 is 37.5 Å². The summed E-state index contributed by atoms with van der Waals surface area (Å²) >= 11 is 0.964. The Morgan fingerprint density at radius 1 is 1.23 bits per heavy atom. The lowest BCUT2D eigenvalue weighted by atomic mass is 10.1. The van der Waals surface area contributed by atoms with Crippen LogP contribution in [0.15, 0.2) is 59.1 Å². The summed E-state index contributed by atoms with van der Waals surface area (Å²) in [6.45, 7) is 0.445. The highest BCUT2D eigenvalue weighted by Crippen LogP contribution is 2.28. The van der Waals surface area contributed by atoms with Crippen molar-refractivity contribution in [2.24, 2.45) is 5.14 Å². The molecular formula is C22H24N6O5S2. The van der Waals surface area contributed by atoms with Crippen LogP contribution in [0.1, 0.15) is 23.7 Å². The Morgan fingerprint density at radius 2 is 2.03 bits per heavy atom. The average Bonchev–Trinajstić information content (AvgIpc) is 3.49. The van der Waals surface area contributed by atoms with Gasteiger partial charge in [-0.3, -0.25) is 4.79 Å². The lowest BCUT2D eigenvalue weighted by molar-refractivity contribution is -0.124. The number of nitrogens with zero attached hydrogens (tertiary/aromatic N) is 4. The first-order chi connectivity index (χ1) is 16.8. The summed E-state index contributed by atoms with van der Waals surface area (Å²) in [5.41, 5.74) is 1.99. The molecule has 184 valence electrons. The Morgan fingerprint density at radius 3 is 2.77 bits per heavy atom. The predicted octanol–water partition coefficient (Wildman–Crippen LogP) is 1.40. The molecule has 0 spiro atoms. The van der Waals surface area contributed by atoms with E-state index in [2.05, 4.69) is 20.6 Å². The van der Waals surface area contributed by atoms with E-state index in [0.717, 1.165) is 16.9 Å². The third kappa shape index (κ3) is 6.39. The quantitative estimate of drug-likeness (QED) is 0.252. The molecule has 1 atom stereocenters. The number of benzene rings is 2. The second kappa shape index (κ2) is 10.9. The maximum absolute atomic E-state index is 12.8. The number of fused-ring (bicyclic) bond motifs is 1. The Kier molecular flexibility index (Phi) is 7.70. The summed E-state index contributed by atoms with van der Waals surface area (Å²) in [6.07, 6.45) is 2.54. The lowest BCUT2D eigenvalue weighted by Gasteiger charge is -2.17. The number of sulfonamides is 1. The first kappa shape index (κ1) is 24.7. The van der Waals surface area contributed by atoms with E-state index in [-0.39, 0.29) is 23.5 Å². The number of aliphatic hydroxyl groups is 1. The van der Waals surface area contributed by atoms with Crippen LogP contribution in [0.3, 0.4) is 0 Å². The molecule has 0 aliphatic heterocycles. The second-order valence-corrected chi connectivity index (χ2v) is 10.5. The van der Waals surface area contributed by atoms with Crippen LogP contribution in [0.5, 0.6) is 5.75 Å². The van der Waals surface area contributed by atoms with Gasteiger partial charge in [-0.05, 0) is 30.2 Å². The molecule has 4 N–H and O–H groups in total. The third-order valence-corrected chi connectivity index (χ3v) is 7.39. The molecule has 0 saturated carbocycles. The molecule has 35 heavy (non-hydrogen) atoms. The molecule has 0 bridgehead atoms. The predicted molar refractivity (Wildman–Crippen MR) is 129 cm³/mol. The molecule has 2 aromatic heterocycles. The molecule has 2 aromatic carbocycles. The standard InChI is InChI=1S/C22H24N6O5S2/c23-35(31,32)22-25-18-8-7-17(12-20(18)34-22)33-14-16-13-28(27-26-16)19(21(30)24-9-4-10-29)11-15-5-2-1-3-6-15/h1-3,5-8,12-13,19,29H,4,9-11,14H2,(H,24,30)(H2,23,31,32)/t19-/m0/s1. The lowest BCUT2D eigenvalue weighted by Crippen LogP contribution is -2.35. The third-order valence-electron chi connectivity index (χ3n) is 5.06. The van der Waals surface area contributed by atoms with Crippen molar-refractivity contribution in [1.29, 1.82) is 0 Å². The molecular weight excluding hydrogens is 492 g/mol. The number of thiazole rings is 1. The van der Waals surface area contributed by atoms with E-state index >= 15 is 0 Å². The highest BCUT2D eigenvalue weighted by atomic mass is 32.2. The van der Waals surface area contributed by atoms with E-state index in [0.29, 0.717) is 41.0 Å². The highest BCUT2D eigenvalue weighted by Gasteiger charge is 2.22. The number of hydrogen-bond acceptors (Lipinski definition) is 9. The number of nitrogens with one attached hydrogen (secondary N) is 1. The first-order valence-corrected chi connectivity index (χ1v) is 13.1. The van der Waals surface area contributed by atoms with Crippen molar-refractivity contribution in [2.75, 3.05) is 13.2 Å². The summed E-state index contributed by atoms with van der Waals surface area (Å²) in [7, 11) is -3.88. The summed E-state index contributed by atoms with van der Waals surface area (Å²) in [5.74, 6) is 0.278. The van der Waals surface area contributed by atoms with Gasteiger partial charge >= 0.3 is 0 Å². The second-order valence-electron chi connectivity index (χ2n) is 7.71. The van der Waals surface area contributed by atoms with Crippen molar-refractivity contribution in [3.05, 3.63) is 66.0 Å². The van der Waals surface area contributed by atoms with E-state index in [1.165, 1.54) is 4.68 Å². The molecule has 2 heterocycles. The van der Waals surface area contributed by atoms with Crippen molar-refractivity contribution in [3.8, 4) is 5.75 Å².